The van der Waals surface area contributed by atoms with Gasteiger partial charge in [0.25, 0.3) is 0 Å². The number of nitrogens with zero attached hydrogens (tertiary/aromatic N) is 4. The van der Waals surface area contributed by atoms with Gasteiger partial charge >= 0.3 is 0 Å². The number of aliphatic imine (C=N–C) groups is 2. The van der Waals surface area contributed by atoms with Gasteiger partial charge in [0, 0.05) is 38.0 Å². The van der Waals surface area contributed by atoms with Crippen LogP contribution in [0, 0.1) is 5.92 Å². The van der Waals surface area contributed by atoms with E-state index < -0.39 is 0 Å². The van der Waals surface area contributed by atoms with Crippen LogP contribution in [-0.2, 0) is 6.42 Å². The molecular formula is C26H35BrN6. The van der Waals surface area contributed by atoms with E-state index in [9.17, 15) is 0 Å². The van der Waals surface area contributed by atoms with Gasteiger partial charge < -0.3 is 16.0 Å². The molecule has 6 nitrogen and oxygen atoms in total. The Morgan fingerprint density at radius 1 is 1.24 bits per heavy atom. The number of nitrogens with one attached hydrogen (secondary N) is 1. The van der Waals surface area contributed by atoms with Gasteiger partial charge in [0.05, 0.1) is 23.1 Å². The molecule has 0 aromatic carbocycles. The van der Waals surface area contributed by atoms with Crippen molar-refractivity contribution in [2.45, 2.75) is 70.4 Å². The number of aryl methyl sites for hydroxylation is 1. The zero-order valence-corrected chi connectivity index (χ0v) is 21.3. The molecule has 7 heteroatoms. The number of nitrogens with two attached hydrogens (primary N) is 1. The molecule has 1 saturated heterocycles. The molecule has 1 aromatic rings. The molecule has 3 N–H and O–H groups in total. The first-order chi connectivity index (χ1) is 16.0. The number of aromatic nitrogens is 1. The van der Waals surface area contributed by atoms with Gasteiger partial charge in [-0.2, -0.15) is 0 Å². The molecule has 5 rings (SSSR count). The van der Waals surface area contributed by atoms with Crippen molar-refractivity contribution in [3.8, 4) is 0 Å². The highest BCUT2D eigenvalue weighted by atomic mass is 79.9. The number of halogens is 1. The van der Waals surface area contributed by atoms with E-state index in [1.165, 1.54) is 23.3 Å². The molecule has 1 fully saturated rings. The molecule has 0 saturated carbocycles. The first kappa shape index (κ1) is 22.9. The Balaban J connectivity index is 1.30. The number of piperidine rings is 1. The maximum atomic E-state index is 6.28. The summed E-state index contributed by atoms with van der Waals surface area (Å²) in [5.41, 5.74) is 12.5. The molecule has 0 radical (unpaired) electrons. The van der Waals surface area contributed by atoms with E-state index in [0.29, 0.717) is 17.9 Å². The number of hydrogen-bond donors (Lipinski definition) is 2. The maximum Gasteiger partial charge on any atom is 0.223 e. The van der Waals surface area contributed by atoms with Gasteiger partial charge in [-0.3, -0.25) is 0 Å². The molecule has 3 heterocycles. The fraction of sp³-hybridized carbons (Fsp3) is 0.577. The van der Waals surface area contributed by atoms with Crippen LogP contribution in [0.15, 0.2) is 50.1 Å². The lowest BCUT2D eigenvalue weighted by atomic mass is 9.79. The molecule has 1 aromatic heterocycles. The fourth-order valence-electron chi connectivity index (χ4n) is 5.36. The minimum atomic E-state index is 0.247. The summed E-state index contributed by atoms with van der Waals surface area (Å²) in [6.07, 6.45) is 10.9. The van der Waals surface area contributed by atoms with Crippen LogP contribution in [0.4, 0.5) is 0 Å². The summed E-state index contributed by atoms with van der Waals surface area (Å²) >= 11 is 3.57. The molecule has 2 aliphatic carbocycles. The van der Waals surface area contributed by atoms with Gasteiger partial charge in [0.1, 0.15) is 4.60 Å². The van der Waals surface area contributed by atoms with Gasteiger partial charge in [-0.15, -0.1) is 0 Å². The van der Waals surface area contributed by atoms with Crippen LogP contribution in [0.5, 0.6) is 0 Å². The smallest absolute Gasteiger partial charge is 0.223 e. The van der Waals surface area contributed by atoms with Crippen LogP contribution in [0.1, 0.15) is 63.1 Å². The van der Waals surface area contributed by atoms with E-state index in [2.05, 4.69) is 64.3 Å². The second kappa shape index (κ2) is 9.80. The largest absolute Gasteiger partial charge is 0.326 e. The molecule has 0 amide bonds. The van der Waals surface area contributed by atoms with Crippen LogP contribution in [-0.4, -0.2) is 53.3 Å². The molecule has 33 heavy (non-hydrogen) atoms. The van der Waals surface area contributed by atoms with Crippen LogP contribution in [0.2, 0.25) is 0 Å². The quantitative estimate of drug-likeness (QED) is 0.577. The summed E-state index contributed by atoms with van der Waals surface area (Å²) in [6, 6.07) is 4.86. The molecular weight excluding hydrogens is 476 g/mol. The van der Waals surface area contributed by atoms with E-state index in [4.69, 9.17) is 20.7 Å². The molecule has 0 spiro atoms. The molecule has 2 atom stereocenters. The van der Waals surface area contributed by atoms with Gasteiger partial charge in [-0.25, -0.2) is 15.0 Å². The zero-order valence-electron chi connectivity index (χ0n) is 19.7. The first-order valence-electron chi connectivity index (χ1n) is 12.4. The minimum absolute atomic E-state index is 0.247. The molecule has 176 valence electrons. The highest BCUT2D eigenvalue weighted by molar-refractivity contribution is 9.10. The Morgan fingerprint density at radius 2 is 2.06 bits per heavy atom. The van der Waals surface area contributed by atoms with Crippen molar-refractivity contribution in [2.24, 2.45) is 21.6 Å². The van der Waals surface area contributed by atoms with Gasteiger partial charge in [-0.1, -0.05) is 32.1 Å². The average Bonchev–Trinajstić information content (AvgIpc) is 3.22. The number of rotatable bonds is 5. The minimum Gasteiger partial charge on any atom is -0.326 e. The lowest BCUT2D eigenvalue weighted by Crippen LogP contribution is -2.45. The molecule has 0 bridgehead atoms. The summed E-state index contributed by atoms with van der Waals surface area (Å²) in [4.78, 5) is 17.3. The average molecular weight is 512 g/mol. The summed E-state index contributed by atoms with van der Waals surface area (Å²) in [5, 5.41) is 3.59. The lowest BCUT2D eigenvalue weighted by Gasteiger charge is -2.33. The number of hydrogen-bond acceptors (Lipinski definition) is 4. The zero-order chi connectivity index (χ0) is 22.9. The lowest BCUT2D eigenvalue weighted by molar-refractivity contribution is 0.191. The van der Waals surface area contributed by atoms with E-state index in [1.54, 1.807) is 0 Å². The number of guanidine groups is 1. The van der Waals surface area contributed by atoms with Crippen LogP contribution < -0.4 is 11.1 Å². The highest BCUT2D eigenvalue weighted by Crippen LogP contribution is 2.40. The predicted molar refractivity (Wildman–Crippen MR) is 139 cm³/mol. The maximum absolute atomic E-state index is 6.28. The van der Waals surface area contributed by atoms with Crippen molar-refractivity contribution < 1.29 is 0 Å². The number of pyridine rings is 1. The van der Waals surface area contributed by atoms with E-state index in [0.717, 1.165) is 73.7 Å². The van der Waals surface area contributed by atoms with Crippen molar-refractivity contribution in [1.29, 1.82) is 0 Å². The molecule has 4 aliphatic rings. The van der Waals surface area contributed by atoms with E-state index in [-0.39, 0.29) is 6.04 Å². The molecule has 2 unspecified atom stereocenters. The van der Waals surface area contributed by atoms with Crippen LogP contribution >= 0.6 is 15.9 Å². The predicted octanol–water partition coefficient (Wildman–Crippen LogP) is 4.33. The molecule has 2 aliphatic heterocycles. The van der Waals surface area contributed by atoms with Crippen molar-refractivity contribution in [3.63, 3.8) is 0 Å². The third-order valence-electron chi connectivity index (χ3n) is 7.47. The van der Waals surface area contributed by atoms with Gasteiger partial charge in [0.2, 0.25) is 5.96 Å². The summed E-state index contributed by atoms with van der Waals surface area (Å²) in [7, 11) is 0. The third kappa shape index (κ3) is 5.00. The van der Waals surface area contributed by atoms with Crippen LogP contribution in [0.25, 0.3) is 0 Å². The Labute approximate surface area is 205 Å². The Bertz CT molecular complexity index is 1020. The normalized spacial score (nSPS) is 25.8. The fourth-order valence-corrected chi connectivity index (χ4v) is 5.68. The van der Waals surface area contributed by atoms with Crippen LogP contribution in [0.3, 0.4) is 0 Å². The summed E-state index contributed by atoms with van der Waals surface area (Å²) < 4.78 is 0.912. The van der Waals surface area contributed by atoms with Crippen molar-refractivity contribution in [1.82, 2.24) is 15.2 Å². The Morgan fingerprint density at radius 3 is 2.85 bits per heavy atom. The van der Waals surface area contributed by atoms with E-state index in [1.807, 2.05) is 0 Å². The van der Waals surface area contributed by atoms with Gasteiger partial charge in [0.15, 0.2) is 0 Å². The Hall–Kier alpha value is -1.83. The second-order valence-electron chi connectivity index (χ2n) is 10.1. The summed E-state index contributed by atoms with van der Waals surface area (Å²) in [5.74, 6) is 1.62. The Kier molecular flexibility index (Phi) is 6.81. The second-order valence-corrected chi connectivity index (χ2v) is 10.9. The monoisotopic (exact) mass is 510 g/mol. The highest BCUT2D eigenvalue weighted by Gasteiger charge is 2.32. The van der Waals surface area contributed by atoms with Crippen molar-refractivity contribution >= 4 is 27.6 Å². The number of likely N-dealkylation sites (tertiary alicyclic amines) is 1. The van der Waals surface area contributed by atoms with E-state index >= 15 is 0 Å². The van der Waals surface area contributed by atoms with Crippen molar-refractivity contribution in [2.75, 3.05) is 19.6 Å². The number of fused-ring (bicyclic) bond motifs is 2. The topological polar surface area (TPSA) is 78.9 Å². The first-order valence-corrected chi connectivity index (χ1v) is 13.2. The summed E-state index contributed by atoms with van der Waals surface area (Å²) in [6.45, 7) is 7.51. The van der Waals surface area contributed by atoms with Gasteiger partial charge in [-0.05, 0) is 71.2 Å². The standard InChI is InChI=1S/C26H35BrN6/c1-16(2)21(28)15-33-13-11-18(12-14-33)29-26-30-22-8-4-7-20(25(22)32-26)19-6-3-5-17-9-10-23(27)31-24(17)19/h4,7,9-10,16,18-19,21H,3,5-6,8,11-15,28H2,1-2H3,(H,29,32). The third-order valence-corrected chi connectivity index (χ3v) is 7.92. The SMILES string of the molecule is CC(C)C(N)CN1CCC(N=C2N=C3CC=CC(C4CCCc5ccc(Br)nc54)=C3N2)CC1. The van der Waals surface area contributed by atoms with Crippen molar-refractivity contribution in [3.05, 3.63) is 51.4 Å². The number of allylic oxidation sites excluding steroid dienone is 4.